The van der Waals surface area contributed by atoms with Crippen LogP contribution in [0.25, 0.3) is 17.0 Å². The number of anilines is 1. The van der Waals surface area contributed by atoms with E-state index >= 15 is 0 Å². The topological polar surface area (TPSA) is 180 Å². The molecule has 0 aliphatic carbocycles. The SMILES string of the molecule is CCOc1ccc(N=Nc2ccc3cc(/C(C)=N\NC(=O)/C(C#N)=C/c4ccc(N(CCC#N)CCC#N)cc4)c(=O)oc3c2)cc1. The second kappa shape index (κ2) is 16.5. The number of benzene rings is 3. The van der Waals surface area contributed by atoms with Crippen molar-refractivity contribution in [3.63, 3.8) is 0 Å². The summed E-state index contributed by atoms with van der Waals surface area (Å²) in [5.74, 6) is -0.0173. The molecule has 1 amide bonds. The number of hydrogen-bond acceptors (Lipinski definition) is 11. The van der Waals surface area contributed by atoms with Crippen molar-refractivity contribution in [2.24, 2.45) is 15.3 Å². The first kappa shape index (κ1) is 33.3. The van der Waals surface area contributed by atoms with Gasteiger partial charge in [0.25, 0.3) is 5.91 Å². The summed E-state index contributed by atoms with van der Waals surface area (Å²) in [6.45, 7) is 4.97. The maximum atomic E-state index is 12.8. The van der Waals surface area contributed by atoms with E-state index in [0.717, 1.165) is 11.4 Å². The third kappa shape index (κ3) is 9.21. The number of ether oxygens (including phenoxy) is 1. The lowest BCUT2D eigenvalue weighted by atomic mass is 10.1. The highest BCUT2D eigenvalue weighted by Crippen LogP contribution is 2.25. The summed E-state index contributed by atoms with van der Waals surface area (Å²) in [7, 11) is 0. The number of rotatable bonds is 13. The van der Waals surface area contributed by atoms with Gasteiger partial charge in [-0.1, -0.05) is 12.1 Å². The summed E-state index contributed by atoms with van der Waals surface area (Å²) in [6.07, 6.45) is 2.04. The van der Waals surface area contributed by atoms with Crippen LogP contribution in [0.3, 0.4) is 0 Å². The van der Waals surface area contributed by atoms with Crippen molar-refractivity contribution in [2.75, 3.05) is 24.6 Å². The Hall–Kier alpha value is -6.58. The first-order valence-corrected chi connectivity index (χ1v) is 14.6. The maximum absolute atomic E-state index is 12.8. The maximum Gasteiger partial charge on any atom is 0.345 e. The van der Waals surface area contributed by atoms with Gasteiger partial charge in [0.1, 0.15) is 23.0 Å². The van der Waals surface area contributed by atoms with Crippen LogP contribution in [-0.2, 0) is 4.79 Å². The molecule has 0 spiro atoms. The quantitative estimate of drug-likeness (QED) is 0.0425. The molecular formula is C35H30N8O4. The van der Waals surface area contributed by atoms with Crippen LogP contribution in [0.5, 0.6) is 5.75 Å². The smallest absolute Gasteiger partial charge is 0.345 e. The van der Waals surface area contributed by atoms with Gasteiger partial charge in [0.15, 0.2) is 0 Å². The first-order chi connectivity index (χ1) is 22.8. The minimum Gasteiger partial charge on any atom is -0.494 e. The number of hydrogen-bond donors (Lipinski definition) is 1. The fourth-order valence-corrected chi connectivity index (χ4v) is 4.40. The molecule has 4 aromatic rings. The van der Waals surface area contributed by atoms with Gasteiger partial charge in [0.05, 0.1) is 54.2 Å². The van der Waals surface area contributed by atoms with Crippen LogP contribution in [0.1, 0.15) is 37.8 Å². The number of nitrogens with zero attached hydrogens (tertiary/aromatic N) is 7. The molecule has 0 aliphatic rings. The van der Waals surface area contributed by atoms with E-state index in [-0.39, 0.29) is 16.8 Å². The molecule has 0 atom stereocenters. The number of carbonyl (C=O) groups excluding carboxylic acids is 1. The highest BCUT2D eigenvalue weighted by Gasteiger charge is 2.13. The van der Waals surface area contributed by atoms with Crippen molar-refractivity contribution < 1.29 is 13.9 Å². The molecule has 0 fully saturated rings. The number of amides is 1. The zero-order chi connectivity index (χ0) is 33.6. The van der Waals surface area contributed by atoms with Crippen LogP contribution < -0.4 is 20.7 Å². The predicted octanol–water partition coefficient (Wildman–Crippen LogP) is 6.69. The van der Waals surface area contributed by atoms with Crippen molar-refractivity contribution in [1.29, 1.82) is 15.8 Å². The lowest BCUT2D eigenvalue weighted by Crippen LogP contribution is -2.25. The molecule has 12 nitrogen and oxygen atoms in total. The van der Waals surface area contributed by atoms with Gasteiger partial charge < -0.3 is 14.1 Å². The molecule has 0 radical (unpaired) electrons. The number of hydrazone groups is 1. The third-order valence-electron chi connectivity index (χ3n) is 6.78. The summed E-state index contributed by atoms with van der Waals surface area (Å²) in [4.78, 5) is 27.5. The zero-order valence-corrected chi connectivity index (χ0v) is 25.8. The summed E-state index contributed by atoms with van der Waals surface area (Å²) in [6, 6.07) is 26.9. The fourth-order valence-electron chi connectivity index (χ4n) is 4.40. The van der Waals surface area contributed by atoms with Gasteiger partial charge >= 0.3 is 5.63 Å². The Bertz CT molecular complexity index is 1990. The van der Waals surface area contributed by atoms with Crippen molar-refractivity contribution in [2.45, 2.75) is 26.7 Å². The van der Waals surface area contributed by atoms with Crippen LogP contribution in [-0.4, -0.2) is 31.3 Å². The molecule has 3 aromatic carbocycles. The highest BCUT2D eigenvalue weighted by atomic mass is 16.5. The molecule has 12 heteroatoms. The third-order valence-corrected chi connectivity index (χ3v) is 6.78. The fraction of sp³-hybridized carbons (Fsp3) is 0.200. The number of carbonyl (C=O) groups is 1. The van der Waals surface area contributed by atoms with E-state index in [1.165, 1.54) is 13.0 Å². The molecule has 1 heterocycles. The van der Waals surface area contributed by atoms with Crippen LogP contribution in [0.2, 0.25) is 0 Å². The second-order valence-electron chi connectivity index (χ2n) is 10.00. The van der Waals surface area contributed by atoms with Crippen molar-refractivity contribution >= 4 is 45.7 Å². The van der Waals surface area contributed by atoms with E-state index in [4.69, 9.17) is 19.7 Å². The second-order valence-corrected chi connectivity index (χ2v) is 10.00. The van der Waals surface area contributed by atoms with Gasteiger partial charge in [-0.05, 0) is 80.1 Å². The average molecular weight is 627 g/mol. The lowest BCUT2D eigenvalue weighted by molar-refractivity contribution is -0.117. The standard InChI is InChI=1S/C35H30N8O4/c1-3-46-31-14-10-28(11-15-31)40-41-29-9-8-26-21-32(35(45)47-33(26)22-29)24(2)39-42-34(44)27(23-38)20-25-6-12-30(13-7-25)43(18-4-16-36)19-5-17-37/h6-15,20-22H,3-5,18-19H2,1-2H3,(H,42,44)/b27-20+,39-24-,41-40?. The number of nitriles is 3. The van der Waals surface area contributed by atoms with E-state index in [9.17, 15) is 14.9 Å². The van der Waals surface area contributed by atoms with Gasteiger partial charge in [0, 0.05) is 30.2 Å². The summed E-state index contributed by atoms with van der Waals surface area (Å²) in [5.41, 5.74) is 4.62. The van der Waals surface area contributed by atoms with Gasteiger partial charge in [-0.25, -0.2) is 10.2 Å². The minimum absolute atomic E-state index is 0.136. The lowest BCUT2D eigenvalue weighted by Gasteiger charge is -2.22. The molecule has 1 N–H and O–H groups in total. The zero-order valence-electron chi connectivity index (χ0n) is 25.8. The van der Waals surface area contributed by atoms with E-state index in [1.54, 1.807) is 72.8 Å². The van der Waals surface area contributed by atoms with Gasteiger partial charge in [-0.3, -0.25) is 4.79 Å². The van der Waals surface area contributed by atoms with E-state index < -0.39 is 11.5 Å². The Kier molecular flexibility index (Phi) is 11.7. The molecule has 0 saturated heterocycles. The molecule has 4 rings (SSSR count). The summed E-state index contributed by atoms with van der Waals surface area (Å²) >= 11 is 0. The minimum atomic E-state index is -0.756. The van der Waals surface area contributed by atoms with Crippen LogP contribution in [0.4, 0.5) is 17.1 Å². The van der Waals surface area contributed by atoms with Crippen LogP contribution >= 0.6 is 0 Å². The van der Waals surface area contributed by atoms with Crippen LogP contribution in [0.15, 0.2) is 103 Å². The monoisotopic (exact) mass is 626 g/mol. The predicted molar refractivity (Wildman–Crippen MR) is 177 cm³/mol. The number of nitrogens with one attached hydrogen (secondary N) is 1. The van der Waals surface area contributed by atoms with Crippen LogP contribution in [0, 0.1) is 34.0 Å². The normalized spacial score (nSPS) is 11.5. The Labute approximate surface area is 271 Å². The van der Waals surface area contributed by atoms with E-state index in [1.807, 2.05) is 17.9 Å². The Morgan fingerprint density at radius 1 is 0.936 bits per heavy atom. The molecule has 0 bridgehead atoms. The number of fused-ring (bicyclic) bond motifs is 1. The largest absolute Gasteiger partial charge is 0.494 e. The molecular weight excluding hydrogens is 596 g/mol. The van der Waals surface area contributed by atoms with Crippen molar-refractivity contribution in [1.82, 2.24) is 5.43 Å². The van der Waals surface area contributed by atoms with Gasteiger partial charge in [-0.2, -0.15) is 31.1 Å². The Balaban J connectivity index is 1.45. The summed E-state index contributed by atoms with van der Waals surface area (Å²) < 4.78 is 10.9. The van der Waals surface area contributed by atoms with Gasteiger partial charge in [0.2, 0.25) is 0 Å². The Morgan fingerprint density at radius 2 is 1.60 bits per heavy atom. The Morgan fingerprint density at radius 3 is 2.23 bits per heavy atom. The van der Waals surface area contributed by atoms with E-state index in [2.05, 4.69) is 32.9 Å². The number of azo groups is 1. The molecule has 1 aromatic heterocycles. The summed E-state index contributed by atoms with van der Waals surface area (Å²) in [5, 5.41) is 40.5. The average Bonchev–Trinajstić information content (AvgIpc) is 3.09. The molecule has 0 unspecified atom stereocenters. The van der Waals surface area contributed by atoms with Crippen molar-refractivity contribution in [3.05, 3.63) is 99.9 Å². The van der Waals surface area contributed by atoms with Gasteiger partial charge in [-0.15, -0.1) is 0 Å². The first-order valence-electron chi connectivity index (χ1n) is 14.6. The molecule has 234 valence electrons. The van der Waals surface area contributed by atoms with E-state index in [0.29, 0.717) is 60.4 Å². The molecule has 0 saturated carbocycles. The highest BCUT2D eigenvalue weighted by molar-refractivity contribution is 6.04. The molecule has 47 heavy (non-hydrogen) atoms. The van der Waals surface area contributed by atoms with Crippen molar-refractivity contribution in [3.8, 4) is 24.0 Å². The molecule has 0 aliphatic heterocycles.